The van der Waals surface area contributed by atoms with E-state index in [9.17, 15) is 10.2 Å². The molecule has 3 aliphatic heterocycles. The average Bonchev–Trinajstić information content (AvgIpc) is 3.19. The van der Waals surface area contributed by atoms with Crippen LogP contribution in [-0.4, -0.2) is 114 Å². The van der Waals surface area contributed by atoms with Gasteiger partial charge in [0.25, 0.3) is 0 Å². The molecule has 7 atom stereocenters. The van der Waals surface area contributed by atoms with Crippen molar-refractivity contribution in [3.63, 3.8) is 0 Å². The van der Waals surface area contributed by atoms with Crippen LogP contribution in [0.3, 0.4) is 0 Å². The van der Waals surface area contributed by atoms with E-state index in [2.05, 4.69) is 27.4 Å². The van der Waals surface area contributed by atoms with Crippen LogP contribution in [0.25, 0.3) is 0 Å². The minimum atomic E-state index is -0.954. The molecule has 0 spiro atoms. The number of nitrogens with two attached hydrogens (primary N) is 2. The number of ether oxygens (including phenoxy) is 1. The zero-order valence-electron chi connectivity index (χ0n) is 16.5. The minimum Gasteiger partial charge on any atom is -0.387 e. The Morgan fingerprint density at radius 3 is 2.70 bits per heavy atom. The summed E-state index contributed by atoms with van der Waals surface area (Å²) in [5, 5.41) is 28.1. The van der Waals surface area contributed by atoms with Crippen LogP contribution in [-0.2, 0) is 4.74 Å². The lowest BCUT2D eigenvalue weighted by Crippen LogP contribution is -2.69. The van der Waals surface area contributed by atoms with Crippen molar-refractivity contribution in [3.8, 4) is 0 Å². The summed E-state index contributed by atoms with van der Waals surface area (Å²) >= 11 is 0. The first kappa shape index (κ1) is 21.3. The monoisotopic (exact) mass is 387 g/mol. The van der Waals surface area contributed by atoms with Gasteiger partial charge in [0, 0.05) is 13.1 Å². The normalized spacial score (nSPS) is 40.8. The number of aliphatic hydroxyl groups excluding tert-OH is 2. The van der Waals surface area contributed by atoms with Crippen LogP contribution >= 0.6 is 0 Å². The highest BCUT2D eigenvalue weighted by atomic mass is 16.6. The van der Waals surface area contributed by atoms with Crippen molar-refractivity contribution < 1.29 is 14.9 Å². The van der Waals surface area contributed by atoms with Gasteiger partial charge in [-0.05, 0) is 33.0 Å². The van der Waals surface area contributed by atoms with Gasteiger partial charge in [-0.2, -0.15) is 0 Å². The first-order valence-electron chi connectivity index (χ1n) is 10.1. The molecule has 3 unspecified atom stereocenters. The van der Waals surface area contributed by atoms with Crippen LogP contribution in [0, 0.1) is 0 Å². The van der Waals surface area contributed by atoms with E-state index in [0.717, 1.165) is 25.9 Å². The molecule has 0 aliphatic carbocycles. The molecule has 0 aromatic carbocycles. The third-order valence-electron chi connectivity index (χ3n) is 5.91. The Balaban J connectivity index is 1.60. The lowest BCUT2D eigenvalue weighted by atomic mass is 10.1. The van der Waals surface area contributed by atoms with E-state index >= 15 is 0 Å². The number of hydrogen-bond donors (Lipinski definition) is 6. The molecule has 0 radical (unpaired) electrons. The van der Waals surface area contributed by atoms with Crippen LogP contribution in [0.5, 0.6) is 0 Å². The van der Waals surface area contributed by atoms with Gasteiger partial charge in [0.1, 0.15) is 24.5 Å². The summed E-state index contributed by atoms with van der Waals surface area (Å²) in [6.07, 6.45) is -1.05. The lowest BCUT2D eigenvalue weighted by Gasteiger charge is -2.44. The molecular weight excluding hydrogens is 350 g/mol. The predicted molar refractivity (Wildman–Crippen MR) is 102 cm³/mol. The zero-order valence-corrected chi connectivity index (χ0v) is 16.5. The number of fused-ring (bicyclic) bond motifs is 1. The summed E-state index contributed by atoms with van der Waals surface area (Å²) in [4.78, 5) is 6.34. The lowest BCUT2D eigenvalue weighted by molar-refractivity contribution is -0.111. The molecule has 158 valence electrons. The van der Waals surface area contributed by atoms with E-state index in [1.165, 1.54) is 0 Å². The van der Waals surface area contributed by atoms with Gasteiger partial charge in [0.05, 0.1) is 31.7 Å². The molecule has 8 N–H and O–H groups in total. The Hall–Kier alpha value is -0.400. The molecule has 3 saturated heterocycles. The van der Waals surface area contributed by atoms with Crippen LogP contribution in [0.4, 0.5) is 0 Å². The van der Waals surface area contributed by atoms with Crippen molar-refractivity contribution >= 4 is 0 Å². The number of rotatable bonds is 8. The van der Waals surface area contributed by atoms with Gasteiger partial charge >= 0.3 is 0 Å². The number of likely N-dealkylation sites (N-methyl/N-ethyl adjacent to an activating group) is 1. The SMILES string of the molecule is CCCN1CNC2C(NCN2[C@@H]2O[C@H](CN(C)CCCN)[C@@H](O)[C@H]2O)C1N. The van der Waals surface area contributed by atoms with E-state index < -0.39 is 24.5 Å². The molecule has 10 nitrogen and oxygen atoms in total. The van der Waals surface area contributed by atoms with Crippen LogP contribution in [0.15, 0.2) is 0 Å². The van der Waals surface area contributed by atoms with Gasteiger partial charge in [-0.15, -0.1) is 0 Å². The van der Waals surface area contributed by atoms with Gasteiger partial charge in [-0.1, -0.05) is 6.92 Å². The highest BCUT2D eigenvalue weighted by Crippen LogP contribution is 2.29. The average molecular weight is 388 g/mol. The van der Waals surface area contributed by atoms with E-state index in [1.807, 2.05) is 11.9 Å². The highest BCUT2D eigenvalue weighted by Gasteiger charge is 2.52. The fourth-order valence-electron chi connectivity index (χ4n) is 4.40. The molecule has 0 saturated carbocycles. The molecule has 27 heavy (non-hydrogen) atoms. The predicted octanol–water partition coefficient (Wildman–Crippen LogP) is -3.17. The van der Waals surface area contributed by atoms with Gasteiger partial charge in [0.15, 0.2) is 0 Å². The summed E-state index contributed by atoms with van der Waals surface area (Å²) in [5.74, 6) is 0. The number of nitrogens with one attached hydrogen (secondary N) is 2. The summed E-state index contributed by atoms with van der Waals surface area (Å²) < 4.78 is 6.10. The first-order valence-corrected chi connectivity index (χ1v) is 10.1. The fourth-order valence-corrected chi connectivity index (χ4v) is 4.40. The van der Waals surface area contributed by atoms with Crippen molar-refractivity contribution in [1.29, 1.82) is 0 Å². The Morgan fingerprint density at radius 1 is 1.22 bits per heavy atom. The second-order valence-electron chi connectivity index (χ2n) is 7.96. The van der Waals surface area contributed by atoms with Crippen LogP contribution in [0.1, 0.15) is 19.8 Å². The standard InChI is InChI=1S/C17H37N7O3/c1-3-6-23-9-21-16-12(15(23)19)20-10-24(16)17-14(26)13(25)11(27-17)8-22(2)7-4-5-18/h11-17,20-21,25-26H,3-10,18-19H2,1-2H3/t11-,12?,13-,14-,15?,16?,17-/m1/s1. The topological polar surface area (TPSA) is 136 Å². The summed E-state index contributed by atoms with van der Waals surface area (Å²) in [7, 11) is 1.98. The highest BCUT2D eigenvalue weighted by molar-refractivity contribution is 5.02. The van der Waals surface area contributed by atoms with Gasteiger partial charge in [-0.25, -0.2) is 4.90 Å². The minimum absolute atomic E-state index is 0.0336. The number of hydrogen-bond acceptors (Lipinski definition) is 10. The van der Waals surface area contributed by atoms with E-state index in [0.29, 0.717) is 26.4 Å². The summed E-state index contributed by atoms with van der Waals surface area (Å²) in [6.45, 7) is 6.36. The third kappa shape index (κ3) is 4.45. The van der Waals surface area contributed by atoms with E-state index in [4.69, 9.17) is 16.2 Å². The molecule has 0 amide bonds. The van der Waals surface area contributed by atoms with Crippen LogP contribution < -0.4 is 22.1 Å². The smallest absolute Gasteiger partial charge is 0.142 e. The Morgan fingerprint density at radius 2 is 2.00 bits per heavy atom. The number of nitrogens with zero attached hydrogens (tertiary/aromatic N) is 3. The maximum absolute atomic E-state index is 10.6. The summed E-state index contributed by atoms with van der Waals surface area (Å²) in [6, 6.07) is 0.0459. The maximum atomic E-state index is 10.6. The van der Waals surface area contributed by atoms with Gasteiger partial charge in [0.2, 0.25) is 0 Å². The quantitative estimate of drug-likeness (QED) is 0.253. The second-order valence-corrected chi connectivity index (χ2v) is 7.96. The Bertz CT molecular complexity index is 474. The summed E-state index contributed by atoms with van der Waals surface area (Å²) in [5.41, 5.74) is 12.0. The molecule has 3 fully saturated rings. The van der Waals surface area contributed by atoms with Crippen molar-refractivity contribution in [2.45, 2.75) is 62.7 Å². The molecule has 0 aromatic heterocycles. The van der Waals surface area contributed by atoms with E-state index in [1.54, 1.807) is 0 Å². The Kier molecular flexibility index (Phi) is 7.42. The second kappa shape index (κ2) is 9.40. The van der Waals surface area contributed by atoms with Crippen LogP contribution in [0.2, 0.25) is 0 Å². The Labute approximate surface area is 161 Å². The molecule has 10 heteroatoms. The third-order valence-corrected chi connectivity index (χ3v) is 5.91. The maximum Gasteiger partial charge on any atom is 0.142 e. The fraction of sp³-hybridized carbons (Fsp3) is 1.00. The van der Waals surface area contributed by atoms with Crippen molar-refractivity contribution in [2.24, 2.45) is 11.5 Å². The molecular formula is C17H37N7O3. The molecule has 0 aromatic rings. The van der Waals surface area contributed by atoms with Gasteiger partial charge in [-0.3, -0.25) is 15.5 Å². The molecule has 0 bridgehead atoms. The molecule has 3 rings (SSSR count). The molecule has 3 aliphatic rings. The van der Waals surface area contributed by atoms with Crippen molar-refractivity contribution in [1.82, 2.24) is 25.3 Å². The first-order chi connectivity index (χ1) is 13.0. The van der Waals surface area contributed by atoms with Crippen molar-refractivity contribution in [3.05, 3.63) is 0 Å². The number of aliphatic hydroxyl groups is 2. The largest absolute Gasteiger partial charge is 0.387 e. The van der Waals surface area contributed by atoms with Crippen molar-refractivity contribution in [2.75, 3.05) is 46.6 Å². The molecule has 3 heterocycles. The zero-order chi connectivity index (χ0) is 19.6. The van der Waals surface area contributed by atoms with E-state index in [-0.39, 0.29) is 18.4 Å². The van der Waals surface area contributed by atoms with Gasteiger partial charge < -0.3 is 31.3 Å².